The number of fused-ring (bicyclic) bond motifs is 1. The van der Waals surface area contributed by atoms with Crippen LogP contribution in [0.1, 0.15) is 24.2 Å². The highest BCUT2D eigenvalue weighted by Gasteiger charge is 2.38. The van der Waals surface area contributed by atoms with Crippen LogP contribution in [-0.4, -0.2) is 43.8 Å². The summed E-state index contributed by atoms with van der Waals surface area (Å²) in [5.41, 5.74) is 0.914. The predicted molar refractivity (Wildman–Crippen MR) is 96.8 cm³/mol. The molecular formula is C18H18F3N7O. The molecule has 4 rings (SSSR count). The maximum Gasteiger partial charge on any atom is 0.453 e. The second kappa shape index (κ2) is 7.64. The number of anilines is 1. The molecule has 0 spiro atoms. The summed E-state index contributed by atoms with van der Waals surface area (Å²) in [7, 11) is 0. The lowest BCUT2D eigenvalue weighted by Gasteiger charge is -2.32. The van der Waals surface area contributed by atoms with Crippen molar-refractivity contribution in [1.82, 2.24) is 30.1 Å². The van der Waals surface area contributed by atoms with Crippen LogP contribution in [0.15, 0.2) is 36.7 Å². The fourth-order valence-electron chi connectivity index (χ4n) is 3.36. The van der Waals surface area contributed by atoms with Gasteiger partial charge in [0, 0.05) is 32.0 Å². The molecule has 1 aliphatic heterocycles. The summed E-state index contributed by atoms with van der Waals surface area (Å²) in [6, 6.07) is 6.71. The van der Waals surface area contributed by atoms with Gasteiger partial charge in [-0.2, -0.15) is 17.7 Å². The first-order valence-corrected chi connectivity index (χ1v) is 9.13. The first-order valence-electron chi connectivity index (χ1n) is 9.13. The van der Waals surface area contributed by atoms with E-state index in [0.717, 1.165) is 12.0 Å². The van der Waals surface area contributed by atoms with Gasteiger partial charge in [0.1, 0.15) is 5.82 Å². The molecule has 0 bridgehead atoms. The van der Waals surface area contributed by atoms with Crippen LogP contribution < -0.4 is 10.2 Å². The van der Waals surface area contributed by atoms with E-state index in [1.165, 1.54) is 6.07 Å². The molecule has 3 aromatic rings. The first-order chi connectivity index (χ1) is 13.9. The zero-order chi connectivity index (χ0) is 20.4. The van der Waals surface area contributed by atoms with Gasteiger partial charge in [-0.05, 0) is 36.6 Å². The van der Waals surface area contributed by atoms with Gasteiger partial charge in [0.25, 0.3) is 5.82 Å². The van der Waals surface area contributed by atoms with E-state index in [4.69, 9.17) is 0 Å². The van der Waals surface area contributed by atoms with Crippen molar-refractivity contribution in [1.29, 1.82) is 0 Å². The van der Waals surface area contributed by atoms with Gasteiger partial charge in [-0.25, -0.2) is 0 Å². The third-order valence-electron chi connectivity index (χ3n) is 4.81. The van der Waals surface area contributed by atoms with Crippen LogP contribution in [0.5, 0.6) is 0 Å². The van der Waals surface area contributed by atoms with E-state index in [1.807, 2.05) is 11.0 Å². The fourth-order valence-corrected chi connectivity index (χ4v) is 3.36. The highest BCUT2D eigenvalue weighted by Crippen LogP contribution is 2.28. The van der Waals surface area contributed by atoms with Crippen LogP contribution in [0, 0.1) is 5.92 Å². The largest absolute Gasteiger partial charge is 0.453 e. The van der Waals surface area contributed by atoms with Crippen LogP contribution in [0.25, 0.3) is 5.65 Å². The molecule has 0 saturated carbocycles. The zero-order valence-corrected chi connectivity index (χ0v) is 15.3. The van der Waals surface area contributed by atoms with E-state index in [-0.39, 0.29) is 17.5 Å². The summed E-state index contributed by atoms with van der Waals surface area (Å²) in [5.74, 6) is -1.19. The zero-order valence-electron chi connectivity index (χ0n) is 15.3. The third-order valence-corrected chi connectivity index (χ3v) is 4.81. The number of hydrogen-bond donors (Lipinski definition) is 1. The second-order valence-corrected chi connectivity index (χ2v) is 6.85. The Morgan fingerprint density at radius 1 is 1.24 bits per heavy atom. The highest BCUT2D eigenvalue weighted by atomic mass is 19.4. The number of carbonyl (C=O) groups excluding carboxylic acids is 1. The summed E-state index contributed by atoms with van der Waals surface area (Å²) in [6.45, 7) is 1.36. The van der Waals surface area contributed by atoms with Crippen LogP contribution in [0.3, 0.4) is 0 Å². The summed E-state index contributed by atoms with van der Waals surface area (Å²) in [5, 5.41) is 13.7. The van der Waals surface area contributed by atoms with E-state index >= 15 is 0 Å². The average molecular weight is 405 g/mol. The Morgan fingerprint density at radius 3 is 2.86 bits per heavy atom. The van der Waals surface area contributed by atoms with Crippen molar-refractivity contribution >= 4 is 17.4 Å². The molecule has 1 N–H and O–H groups in total. The Labute approximate surface area is 163 Å². The van der Waals surface area contributed by atoms with E-state index in [1.54, 1.807) is 24.5 Å². The minimum Gasteiger partial charge on any atom is -0.354 e. The predicted octanol–water partition coefficient (Wildman–Crippen LogP) is 2.07. The number of rotatable bonds is 4. The Balaban J connectivity index is 1.47. The maximum absolute atomic E-state index is 13.1. The molecular weight excluding hydrogens is 387 g/mol. The van der Waals surface area contributed by atoms with Crippen LogP contribution in [0.4, 0.5) is 19.0 Å². The lowest BCUT2D eigenvalue weighted by Crippen LogP contribution is -2.43. The van der Waals surface area contributed by atoms with Gasteiger partial charge in [0.2, 0.25) is 5.91 Å². The lowest BCUT2D eigenvalue weighted by molar-refractivity contribution is -0.146. The van der Waals surface area contributed by atoms with Gasteiger partial charge in [-0.1, -0.05) is 6.07 Å². The van der Waals surface area contributed by atoms with Crippen LogP contribution >= 0.6 is 0 Å². The summed E-state index contributed by atoms with van der Waals surface area (Å²) in [6.07, 6.45) is 0.136. The number of aromatic nitrogens is 5. The van der Waals surface area contributed by atoms with Crippen molar-refractivity contribution < 1.29 is 18.0 Å². The van der Waals surface area contributed by atoms with Gasteiger partial charge >= 0.3 is 6.18 Å². The monoisotopic (exact) mass is 405 g/mol. The SMILES string of the molecule is O=C(NCc1cccnc1)C1CCCN(c2ccc3nnc(C(F)(F)F)n3n2)C1. The van der Waals surface area contributed by atoms with Crippen molar-refractivity contribution in [3.63, 3.8) is 0 Å². The molecule has 1 amide bonds. The minimum atomic E-state index is -4.65. The Kier molecular flexibility index (Phi) is 5.03. The number of nitrogens with one attached hydrogen (secondary N) is 1. The number of amides is 1. The molecule has 3 aromatic heterocycles. The highest BCUT2D eigenvalue weighted by molar-refractivity contribution is 5.79. The normalized spacial score (nSPS) is 17.5. The van der Waals surface area contributed by atoms with Crippen LogP contribution in [0.2, 0.25) is 0 Å². The third kappa shape index (κ3) is 4.13. The van der Waals surface area contributed by atoms with Gasteiger partial charge in [-0.3, -0.25) is 9.78 Å². The number of alkyl halides is 3. The first kappa shape index (κ1) is 19.1. The smallest absolute Gasteiger partial charge is 0.354 e. The molecule has 1 saturated heterocycles. The van der Waals surface area contributed by atoms with Crippen molar-refractivity contribution in [3.8, 4) is 0 Å². The number of piperidine rings is 1. The molecule has 1 atom stereocenters. The number of pyridine rings is 1. The Morgan fingerprint density at radius 2 is 2.10 bits per heavy atom. The van der Waals surface area contributed by atoms with Crippen molar-refractivity contribution in [2.75, 3.05) is 18.0 Å². The molecule has 8 nitrogen and oxygen atoms in total. The molecule has 11 heteroatoms. The Hall–Kier alpha value is -3.24. The molecule has 1 aliphatic rings. The minimum absolute atomic E-state index is 0.0175. The number of hydrogen-bond acceptors (Lipinski definition) is 6. The average Bonchev–Trinajstić information content (AvgIpc) is 3.16. The molecule has 0 aliphatic carbocycles. The van der Waals surface area contributed by atoms with Crippen molar-refractivity contribution in [2.24, 2.45) is 5.92 Å². The van der Waals surface area contributed by atoms with Gasteiger partial charge in [-0.15, -0.1) is 15.3 Å². The molecule has 1 fully saturated rings. The van der Waals surface area contributed by atoms with E-state index in [0.29, 0.717) is 36.4 Å². The number of carbonyl (C=O) groups is 1. The van der Waals surface area contributed by atoms with Gasteiger partial charge < -0.3 is 10.2 Å². The van der Waals surface area contributed by atoms with Gasteiger partial charge in [0.05, 0.1) is 5.92 Å². The lowest BCUT2D eigenvalue weighted by atomic mass is 9.97. The quantitative estimate of drug-likeness (QED) is 0.715. The Bertz CT molecular complexity index is 1010. The maximum atomic E-state index is 13.1. The molecule has 152 valence electrons. The van der Waals surface area contributed by atoms with Crippen molar-refractivity contribution in [2.45, 2.75) is 25.6 Å². The fraction of sp³-hybridized carbons (Fsp3) is 0.389. The standard InChI is InChI=1S/C18H18F3N7O/c19-18(20,21)17-25-24-14-5-6-15(26-28(14)17)27-8-2-4-13(11-27)16(29)23-10-12-3-1-7-22-9-12/h1,3,5-7,9,13H,2,4,8,10-11H2,(H,23,29). The summed E-state index contributed by atoms with van der Waals surface area (Å²) in [4.78, 5) is 18.4. The van der Waals surface area contributed by atoms with Crippen LogP contribution in [-0.2, 0) is 17.5 Å². The molecule has 0 aromatic carbocycles. The second-order valence-electron chi connectivity index (χ2n) is 6.85. The molecule has 29 heavy (non-hydrogen) atoms. The topological polar surface area (TPSA) is 88.3 Å². The van der Waals surface area contributed by atoms with E-state index in [2.05, 4.69) is 25.6 Å². The summed E-state index contributed by atoms with van der Waals surface area (Å²) >= 11 is 0. The molecule has 1 unspecified atom stereocenters. The van der Waals surface area contributed by atoms with Gasteiger partial charge in [0.15, 0.2) is 5.65 Å². The number of halogens is 3. The van der Waals surface area contributed by atoms with E-state index in [9.17, 15) is 18.0 Å². The van der Waals surface area contributed by atoms with E-state index < -0.39 is 12.0 Å². The molecule has 4 heterocycles. The number of nitrogens with zero attached hydrogens (tertiary/aromatic N) is 6. The van der Waals surface area contributed by atoms with Crippen molar-refractivity contribution in [3.05, 3.63) is 48.0 Å². The summed E-state index contributed by atoms with van der Waals surface area (Å²) < 4.78 is 39.9. The molecule has 0 radical (unpaired) electrons.